The van der Waals surface area contributed by atoms with E-state index >= 15 is 0 Å². The van der Waals surface area contributed by atoms with E-state index in [2.05, 4.69) is 278 Å². The first-order valence-electron chi connectivity index (χ1n) is 24.7. The fourth-order valence-electron chi connectivity index (χ4n) is 11.3. The summed E-state index contributed by atoms with van der Waals surface area (Å²) in [6.45, 7) is 20.6. The van der Waals surface area contributed by atoms with E-state index in [9.17, 15) is 0 Å². The summed E-state index contributed by atoms with van der Waals surface area (Å²) in [5.74, 6) is 0. The summed E-state index contributed by atoms with van der Waals surface area (Å²) in [5, 5.41) is 5.51. The predicted octanol–water partition coefficient (Wildman–Crippen LogP) is 12.3. The minimum atomic E-state index is -2.96. The zero-order chi connectivity index (χ0) is 47.8. The number of hydrogen-bond donors (Lipinski definition) is 0. The lowest BCUT2D eigenvalue weighted by molar-refractivity contribution is 0.590. The van der Waals surface area contributed by atoms with Crippen LogP contribution in [-0.4, -0.2) is 14.8 Å². The molecule has 0 N–H and O–H groups in total. The van der Waals surface area contributed by atoms with Gasteiger partial charge >= 0.3 is 0 Å². The van der Waals surface area contributed by atoms with Gasteiger partial charge in [0.2, 0.25) is 0 Å². The lowest BCUT2D eigenvalue weighted by Gasteiger charge is -2.45. The van der Waals surface area contributed by atoms with Gasteiger partial charge in [0.25, 0.3) is 6.71 Å². The van der Waals surface area contributed by atoms with E-state index in [-0.39, 0.29) is 17.5 Å². The van der Waals surface area contributed by atoms with Crippen molar-refractivity contribution in [3.05, 3.63) is 234 Å². The zero-order valence-electron chi connectivity index (χ0n) is 41.6. The average Bonchev–Trinajstić information content (AvgIpc) is 3.35. The van der Waals surface area contributed by atoms with Crippen molar-refractivity contribution in [1.82, 2.24) is 0 Å². The standard InChI is InChI=1S/C65H61BN2Si/c1-44-24-33-52(34-25-44)69(51-20-14-11-15-21-51,53-35-26-45(2)27-36-53)54-37-39-60-57(43-54)66-56-42-49(65(7,8)9)30-38-59(56)67(50-31-28-48(29-32-50)64(4,5)6)61-40-46(3)41-62(63(61)66)68(60)58-23-17-16-22-55(58)47-18-12-10-13-19-47/h10-43H,1-9H3. The maximum atomic E-state index is 2.66. The van der Waals surface area contributed by atoms with Crippen LogP contribution in [0.4, 0.5) is 34.1 Å². The van der Waals surface area contributed by atoms with Crippen LogP contribution in [0.15, 0.2) is 206 Å². The number of nitrogens with zero attached hydrogens (tertiary/aromatic N) is 2. The van der Waals surface area contributed by atoms with Gasteiger partial charge in [-0.3, -0.25) is 0 Å². The Kier molecular flexibility index (Phi) is 10.8. The number of fused-ring (bicyclic) bond motifs is 4. The number of para-hydroxylation sites is 1. The highest BCUT2D eigenvalue weighted by Crippen LogP contribution is 2.47. The summed E-state index contributed by atoms with van der Waals surface area (Å²) >= 11 is 0. The molecule has 0 fully saturated rings. The van der Waals surface area contributed by atoms with E-state index in [0.717, 1.165) is 0 Å². The molecule has 338 valence electrons. The Morgan fingerprint density at radius 3 is 1.45 bits per heavy atom. The Hall–Kier alpha value is -7.14. The van der Waals surface area contributed by atoms with Gasteiger partial charge in [0.05, 0.1) is 5.69 Å². The van der Waals surface area contributed by atoms with E-state index in [0.29, 0.717) is 0 Å². The molecule has 0 unspecified atom stereocenters. The van der Waals surface area contributed by atoms with Gasteiger partial charge in [-0.15, -0.1) is 0 Å². The Bertz CT molecular complexity index is 3320. The van der Waals surface area contributed by atoms with Crippen molar-refractivity contribution in [3.63, 3.8) is 0 Å². The van der Waals surface area contributed by atoms with Gasteiger partial charge in [-0.05, 0) is 133 Å². The maximum absolute atomic E-state index is 2.96. The lowest BCUT2D eigenvalue weighted by Crippen LogP contribution is -2.75. The molecule has 0 radical (unpaired) electrons. The van der Waals surface area contributed by atoms with Gasteiger partial charge in [0, 0.05) is 34.0 Å². The first kappa shape index (κ1) is 44.4. The quantitative estimate of drug-likeness (QED) is 0.116. The molecule has 0 saturated heterocycles. The second kappa shape index (κ2) is 16.8. The number of hydrogen-bond acceptors (Lipinski definition) is 2. The van der Waals surface area contributed by atoms with Crippen LogP contribution in [0.3, 0.4) is 0 Å². The van der Waals surface area contributed by atoms with E-state index < -0.39 is 8.07 Å². The van der Waals surface area contributed by atoms with Gasteiger partial charge in [-0.2, -0.15) is 0 Å². The molecule has 9 aromatic carbocycles. The molecule has 2 aliphatic rings. The fourth-order valence-corrected chi connectivity index (χ4v) is 16.0. The van der Waals surface area contributed by atoms with Gasteiger partial charge in [0.15, 0.2) is 8.07 Å². The third-order valence-electron chi connectivity index (χ3n) is 14.9. The van der Waals surface area contributed by atoms with Gasteiger partial charge < -0.3 is 9.80 Å². The van der Waals surface area contributed by atoms with Crippen LogP contribution >= 0.6 is 0 Å². The molecule has 0 aromatic heterocycles. The molecule has 0 bridgehead atoms. The fraction of sp³-hybridized carbons (Fsp3) is 0.169. The van der Waals surface area contributed by atoms with Crippen LogP contribution < -0.4 is 46.9 Å². The van der Waals surface area contributed by atoms with E-state index in [1.165, 1.54) is 110 Å². The SMILES string of the molecule is Cc1ccc([Si](c2ccccc2)(c2ccc(C)cc2)c2ccc3c(c2)B2c4cc(C(C)(C)C)ccc4N(c4ccc(C(C)(C)C)cc4)c4cc(C)cc(c42)N3c2ccccc2-c2ccccc2)cc1. The maximum Gasteiger partial charge on any atom is 0.252 e. The molecule has 2 heterocycles. The highest BCUT2D eigenvalue weighted by molar-refractivity contribution is 7.20. The van der Waals surface area contributed by atoms with Gasteiger partial charge in [-0.25, -0.2) is 0 Å². The van der Waals surface area contributed by atoms with Crippen molar-refractivity contribution >= 4 is 86.0 Å². The molecule has 0 atom stereocenters. The second-order valence-corrected chi connectivity index (χ2v) is 25.5. The molecular weight excluding hydrogens is 848 g/mol. The summed E-state index contributed by atoms with van der Waals surface area (Å²) in [7, 11) is -2.96. The third kappa shape index (κ3) is 7.48. The Balaban J connectivity index is 1.28. The van der Waals surface area contributed by atoms with Crippen LogP contribution in [-0.2, 0) is 10.8 Å². The predicted molar refractivity (Wildman–Crippen MR) is 301 cm³/mol. The minimum absolute atomic E-state index is 0.0387. The molecule has 0 saturated carbocycles. The highest BCUT2D eigenvalue weighted by atomic mass is 28.3. The number of rotatable bonds is 7. The Labute approximate surface area is 412 Å². The molecule has 69 heavy (non-hydrogen) atoms. The number of anilines is 6. The summed E-state index contributed by atoms with van der Waals surface area (Å²) < 4.78 is 0. The molecule has 0 spiro atoms. The third-order valence-corrected chi connectivity index (χ3v) is 19.7. The molecule has 9 aromatic rings. The summed E-state index contributed by atoms with van der Waals surface area (Å²) in [6.07, 6.45) is 0. The number of benzene rings is 9. The van der Waals surface area contributed by atoms with Crippen molar-refractivity contribution in [3.8, 4) is 11.1 Å². The minimum Gasteiger partial charge on any atom is -0.311 e. The van der Waals surface area contributed by atoms with Crippen LogP contribution in [0.5, 0.6) is 0 Å². The summed E-state index contributed by atoms with van der Waals surface area (Å²) in [6, 6.07) is 79.5. The topological polar surface area (TPSA) is 6.48 Å². The van der Waals surface area contributed by atoms with Crippen molar-refractivity contribution < 1.29 is 0 Å². The summed E-state index contributed by atoms with van der Waals surface area (Å²) in [4.78, 5) is 5.17. The van der Waals surface area contributed by atoms with E-state index in [1.54, 1.807) is 0 Å². The van der Waals surface area contributed by atoms with Crippen LogP contribution in [0.2, 0.25) is 0 Å². The average molecular weight is 909 g/mol. The first-order valence-corrected chi connectivity index (χ1v) is 26.7. The van der Waals surface area contributed by atoms with Gasteiger partial charge in [-0.1, -0.05) is 216 Å². The molecule has 2 aliphatic heterocycles. The molecule has 2 nitrogen and oxygen atoms in total. The van der Waals surface area contributed by atoms with Crippen LogP contribution in [0.1, 0.15) is 69.4 Å². The molecule has 0 aliphatic carbocycles. The van der Waals surface area contributed by atoms with E-state index in [1.807, 2.05) is 0 Å². The van der Waals surface area contributed by atoms with Crippen molar-refractivity contribution in [2.45, 2.75) is 73.1 Å². The Morgan fingerprint density at radius 2 is 0.841 bits per heavy atom. The largest absolute Gasteiger partial charge is 0.311 e. The van der Waals surface area contributed by atoms with Crippen LogP contribution in [0.25, 0.3) is 11.1 Å². The number of aryl methyl sites for hydroxylation is 3. The lowest BCUT2D eigenvalue weighted by atomic mass is 9.33. The molecule has 11 rings (SSSR count). The highest BCUT2D eigenvalue weighted by Gasteiger charge is 2.47. The normalized spacial score (nSPS) is 13.2. The molecule has 4 heteroatoms. The monoisotopic (exact) mass is 908 g/mol. The van der Waals surface area contributed by atoms with Crippen molar-refractivity contribution in [2.24, 2.45) is 0 Å². The summed E-state index contributed by atoms with van der Waals surface area (Å²) in [5.41, 5.74) is 20.1. The van der Waals surface area contributed by atoms with Crippen LogP contribution in [0, 0.1) is 20.8 Å². The van der Waals surface area contributed by atoms with Gasteiger partial charge in [0.1, 0.15) is 0 Å². The molecular formula is C65H61BN2Si. The smallest absolute Gasteiger partial charge is 0.252 e. The zero-order valence-corrected chi connectivity index (χ0v) is 42.6. The molecule has 0 amide bonds. The van der Waals surface area contributed by atoms with E-state index in [4.69, 9.17) is 0 Å². The van der Waals surface area contributed by atoms with Crippen molar-refractivity contribution in [1.29, 1.82) is 0 Å². The van der Waals surface area contributed by atoms with Crippen molar-refractivity contribution in [2.75, 3.05) is 9.80 Å². The first-order chi connectivity index (χ1) is 33.2. The Morgan fingerprint density at radius 1 is 0.362 bits per heavy atom. The second-order valence-electron chi connectivity index (χ2n) is 21.6.